The van der Waals surface area contributed by atoms with Gasteiger partial charge in [-0.3, -0.25) is 4.90 Å². The Hall–Kier alpha value is -0.940. The molecule has 1 unspecified atom stereocenters. The molecular weight excluding hydrogens is 280 g/mol. The van der Waals surface area contributed by atoms with E-state index in [0.29, 0.717) is 6.10 Å². The van der Waals surface area contributed by atoms with Crippen LogP contribution in [0.1, 0.15) is 18.4 Å². The Kier molecular flexibility index (Phi) is 3.95. The Bertz CT molecular complexity index is 608. The van der Waals surface area contributed by atoms with Crippen molar-refractivity contribution in [3.05, 3.63) is 35.2 Å². The van der Waals surface area contributed by atoms with Crippen molar-refractivity contribution < 1.29 is 4.74 Å². The highest BCUT2D eigenvalue weighted by Gasteiger charge is 2.32. The van der Waals surface area contributed by atoms with Gasteiger partial charge in [-0.15, -0.1) is 11.3 Å². The van der Waals surface area contributed by atoms with Gasteiger partial charge in [-0.05, 0) is 35.2 Å². The molecule has 0 amide bonds. The molecule has 0 spiro atoms. The van der Waals surface area contributed by atoms with Crippen LogP contribution in [0.4, 0.5) is 0 Å². The van der Waals surface area contributed by atoms with Gasteiger partial charge in [0.2, 0.25) is 0 Å². The molecule has 1 aliphatic carbocycles. The quantitative estimate of drug-likeness (QED) is 0.919. The van der Waals surface area contributed by atoms with Crippen molar-refractivity contribution in [2.24, 2.45) is 0 Å². The molecule has 1 atom stereocenters. The Morgan fingerprint density at radius 2 is 2.19 bits per heavy atom. The predicted molar refractivity (Wildman–Crippen MR) is 87.9 cm³/mol. The third kappa shape index (κ3) is 3.14. The average molecular weight is 302 g/mol. The summed E-state index contributed by atoms with van der Waals surface area (Å²) in [7, 11) is 0. The molecule has 2 aromatic rings. The lowest BCUT2D eigenvalue weighted by atomic mass is 10.2. The number of hydrogen-bond donors (Lipinski definition) is 1. The van der Waals surface area contributed by atoms with Crippen molar-refractivity contribution in [3.8, 4) is 0 Å². The SMILES string of the molecule is c1ccc2c(CNCC3CN(C4CC4)CCO3)csc2c1. The number of benzene rings is 1. The van der Waals surface area contributed by atoms with E-state index in [9.17, 15) is 0 Å². The zero-order valence-corrected chi connectivity index (χ0v) is 13.1. The maximum Gasteiger partial charge on any atom is 0.0826 e. The van der Waals surface area contributed by atoms with Crippen molar-refractivity contribution in [1.82, 2.24) is 10.2 Å². The van der Waals surface area contributed by atoms with Crippen LogP contribution in [0.2, 0.25) is 0 Å². The van der Waals surface area contributed by atoms with E-state index in [1.54, 1.807) is 0 Å². The molecule has 21 heavy (non-hydrogen) atoms. The lowest BCUT2D eigenvalue weighted by Gasteiger charge is -2.33. The van der Waals surface area contributed by atoms with Gasteiger partial charge in [0.15, 0.2) is 0 Å². The van der Waals surface area contributed by atoms with Crippen LogP contribution in [0.3, 0.4) is 0 Å². The van der Waals surface area contributed by atoms with Crippen LogP contribution in [-0.2, 0) is 11.3 Å². The number of fused-ring (bicyclic) bond motifs is 1. The number of morpholine rings is 1. The molecule has 1 aromatic carbocycles. The van der Waals surface area contributed by atoms with E-state index in [0.717, 1.165) is 38.8 Å². The second kappa shape index (κ2) is 6.05. The Labute approximate surface area is 129 Å². The Morgan fingerprint density at radius 1 is 1.29 bits per heavy atom. The lowest BCUT2D eigenvalue weighted by molar-refractivity contribution is -0.0301. The summed E-state index contributed by atoms with van der Waals surface area (Å²) in [4.78, 5) is 2.61. The van der Waals surface area contributed by atoms with E-state index >= 15 is 0 Å². The maximum absolute atomic E-state index is 5.89. The number of ether oxygens (including phenoxy) is 1. The molecule has 4 rings (SSSR count). The molecule has 4 heteroatoms. The van der Waals surface area contributed by atoms with Crippen molar-refractivity contribution in [1.29, 1.82) is 0 Å². The average Bonchev–Trinajstić information content (AvgIpc) is 3.30. The molecule has 112 valence electrons. The second-order valence-electron chi connectivity index (χ2n) is 6.11. The van der Waals surface area contributed by atoms with Crippen LogP contribution in [0.15, 0.2) is 29.6 Å². The van der Waals surface area contributed by atoms with Gasteiger partial charge in [0.1, 0.15) is 0 Å². The first-order valence-corrected chi connectivity index (χ1v) is 8.79. The van der Waals surface area contributed by atoms with Gasteiger partial charge in [0.05, 0.1) is 12.7 Å². The fourth-order valence-corrected chi connectivity index (χ4v) is 4.14. The summed E-state index contributed by atoms with van der Waals surface area (Å²) in [6.45, 7) is 5.00. The molecule has 0 radical (unpaired) electrons. The molecule has 1 aromatic heterocycles. The van der Waals surface area contributed by atoms with E-state index in [4.69, 9.17) is 4.74 Å². The van der Waals surface area contributed by atoms with Crippen LogP contribution in [0, 0.1) is 0 Å². The zero-order valence-electron chi connectivity index (χ0n) is 12.3. The van der Waals surface area contributed by atoms with Gasteiger partial charge >= 0.3 is 0 Å². The first kappa shape index (κ1) is 13.7. The molecule has 3 nitrogen and oxygen atoms in total. The van der Waals surface area contributed by atoms with Gasteiger partial charge in [0.25, 0.3) is 0 Å². The van der Waals surface area contributed by atoms with Gasteiger partial charge in [-0.2, -0.15) is 0 Å². The summed E-state index contributed by atoms with van der Waals surface area (Å²) in [5.41, 5.74) is 1.41. The monoisotopic (exact) mass is 302 g/mol. The standard InChI is InChI=1S/C17H22N2OS/c1-2-4-17-16(3-1)13(12-21-17)9-18-10-15-11-19(7-8-20-15)14-5-6-14/h1-4,12,14-15,18H,5-11H2. The first-order chi connectivity index (χ1) is 10.4. The predicted octanol–water partition coefficient (Wildman–Crippen LogP) is 2.85. The first-order valence-electron chi connectivity index (χ1n) is 7.91. The maximum atomic E-state index is 5.89. The third-order valence-electron chi connectivity index (χ3n) is 4.48. The molecule has 0 bridgehead atoms. The highest BCUT2D eigenvalue weighted by atomic mass is 32.1. The van der Waals surface area contributed by atoms with Crippen LogP contribution in [0.25, 0.3) is 10.1 Å². The van der Waals surface area contributed by atoms with E-state index in [-0.39, 0.29) is 0 Å². The number of hydrogen-bond acceptors (Lipinski definition) is 4. The van der Waals surface area contributed by atoms with Crippen molar-refractivity contribution in [2.45, 2.75) is 31.5 Å². The molecule has 1 N–H and O–H groups in total. The van der Waals surface area contributed by atoms with E-state index < -0.39 is 0 Å². The lowest BCUT2D eigenvalue weighted by Crippen LogP contribution is -2.47. The molecule has 2 aliphatic rings. The van der Waals surface area contributed by atoms with Gasteiger partial charge in [-0.1, -0.05) is 18.2 Å². The molecule has 2 fully saturated rings. The topological polar surface area (TPSA) is 24.5 Å². The largest absolute Gasteiger partial charge is 0.374 e. The van der Waals surface area contributed by atoms with Gasteiger partial charge < -0.3 is 10.1 Å². The Morgan fingerprint density at radius 3 is 3.10 bits per heavy atom. The highest BCUT2D eigenvalue weighted by Crippen LogP contribution is 2.28. The minimum Gasteiger partial charge on any atom is -0.374 e. The summed E-state index contributed by atoms with van der Waals surface area (Å²) < 4.78 is 7.27. The van der Waals surface area contributed by atoms with Crippen LogP contribution < -0.4 is 5.32 Å². The fourth-order valence-electron chi connectivity index (χ4n) is 3.17. The molecular formula is C17H22N2OS. The Balaban J connectivity index is 1.30. The molecule has 2 heterocycles. The fraction of sp³-hybridized carbons (Fsp3) is 0.529. The third-order valence-corrected chi connectivity index (χ3v) is 5.49. The van der Waals surface area contributed by atoms with Gasteiger partial charge in [0, 0.05) is 36.9 Å². The van der Waals surface area contributed by atoms with Crippen LogP contribution in [0.5, 0.6) is 0 Å². The highest BCUT2D eigenvalue weighted by molar-refractivity contribution is 7.17. The minimum absolute atomic E-state index is 0.351. The minimum atomic E-state index is 0.351. The second-order valence-corrected chi connectivity index (χ2v) is 7.02. The number of nitrogens with zero attached hydrogens (tertiary/aromatic N) is 1. The smallest absolute Gasteiger partial charge is 0.0826 e. The van der Waals surface area contributed by atoms with Crippen molar-refractivity contribution in [3.63, 3.8) is 0 Å². The zero-order chi connectivity index (χ0) is 14.1. The molecule has 1 saturated heterocycles. The van der Waals surface area contributed by atoms with Crippen LogP contribution in [-0.4, -0.2) is 43.3 Å². The summed E-state index contributed by atoms with van der Waals surface area (Å²) in [5.74, 6) is 0. The van der Waals surface area contributed by atoms with E-state index in [1.165, 1.54) is 28.5 Å². The molecule has 1 saturated carbocycles. The normalized spacial score (nSPS) is 23.7. The van der Waals surface area contributed by atoms with E-state index in [1.807, 2.05) is 11.3 Å². The summed E-state index contributed by atoms with van der Waals surface area (Å²) in [6, 6.07) is 9.50. The van der Waals surface area contributed by atoms with E-state index in [2.05, 4.69) is 39.9 Å². The summed E-state index contributed by atoms with van der Waals surface area (Å²) >= 11 is 1.83. The van der Waals surface area contributed by atoms with Crippen molar-refractivity contribution in [2.75, 3.05) is 26.2 Å². The summed E-state index contributed by atoms with van der Waals surface area (Å²) in [5, 5.41) is 7.25. The van der Waals surface area contributed by atoms with Crippen molar-refractivity contribution >= 4 is 21.4 Å². The van der Waals surface area contributed by atoms with Gasteiger partial charge in [-0.25, -0.2) is 0 Å². The number of nitrogens with one attached hydrogen (secondary N) is 1. The molecule has 1 aliphatic heterocycles. The number of thiophene rings is 1. The van der Waals surface area contributed by atoms with Crippen LogP contribution >= 0.6 is 11.3 Å². The number of rotatable bonds is 5. The summed E-state index contributed by atoms with van der Waals surface area (Å²) in [6.07, 6.45) is 3.13.